The van der Waals surface area contributed by atoms with Crippen molar-refractivity contribution in [2.24, 2.45) is 0 Å². The van der Waals surface area contributed by atoms with Crippen molar-refractivity contribution in [3.63, 3.8) is 0 Å². The number of hydrogen-bond acceptors (Lipinski definition) is 3. The molecule has 14 aromatic rings. The topological polar surface area (TPSA) is 49.0 Å². The molecule has 64 heavy (non-hydrogen) atoms. The van der Waals surface area contributed by atoms with Gasteiger partial charge in [-0.2, -0.15) is 0 Å². The van der Waals surface area contributed by atoms with Gasteiger partial charge in [-0.3, -0.25) is 4.98 Å². The van der Waals surface area contributed by atoms with Crippen molar-refractivity contribution in [3.05, 3.63) is 213 Å². The molecular formula is C59H35N3O2. The lowest BCUT2D eigenvalue weighted by molar-refractivity contribution is 0.669. The Labute approximate surface area is 366 Å². The Bertz CT molecular complexity index is 4150. The normalized spacial score (nSPS) is 12.1. The summed E-state index contributed by atoms with van der Waals surface area (Å²) < 4.78 is 18.0. The van der Waals surface area contributed by atoms with Gasteiger partial charge in [0.15, 0.2) is 0 Å². The second kappa shape index (κ2) is 13.4. The molecular weight excluding hydrogens is 783 g/mol. The SMILES string of the molecule is c1ccc(-c2cccc3c2oc2c(-c4cncc(-n5c6ccccc6c6cc(-c7ccc8oc9ccc(-n%10c%11ccccc%11c%11ccccc%11%10)cc9c8c7)ccc65)c4)cccc23)cc1. The number of pyridine rings is 1. The van der Waals surface area contributed by atoms with Gasteiger partial charge in [-0.15, -0.1) is 0 Å². The molecule has 5 heterocycles. The average molecular weight is 818 g/mol. The van der Waals surface area contributed by atoms with Crippen LogP contribution in [-0.4, -0.2) is 14.1 Å². The van der Waals surface area contributed by atoms with E-state index in [9.17, 15) is 0 Å². The second-order valence-electron chi connectivity index (χ2n) is 16.7. The molecule has 0 N–H and O–H groups in total. The molecule has 298 valence electrons. The molecule has 0 amide bonds. The van der Waals surface area contributed by atoms with Gasteiger partial charge in [0.25, 0.3) is 0 Å². The molecule has 0 fully saturated rings. The molecule has 0 aliphatic heterocycles. The Hall–Kier alpha value is -8.67. The maximum atomic E-state index is 6.81. The Kier molecular flexibility index (Phi) is 7.33. The minimum Gasteiger partial charge on any atom is -0.456 e. The highest BCUT2D eigenvalue weighted by Gasteiger charge is 2.19. The van der Waals surface area contributed by atoms with Crippen LogP contribution >= 0.6 is 0 Å². The highest BCUT2D eigenvalue weighted by Crippen LogP contribution is 2.42. The number of fused-ring (bicyclic) bond motifs is 12. The number of benzene rings is 9. The number of nitrogens with zero attached hydrogens (tertiary/aromatic N) is 3. The van der Waals surface area contributed by atoms with E-state index in [2.05, 4.69) is 203 Å². The molecule has 0 unspecified atom stereocenters. The van der Waals surface area contributed by atoms with Crippen molar-refractivity contribution >= 4 is 87.5 Å². The van der Waals surface area contributed by atoms with Gasteiger partial charge in [0, 0.05) is 71.7 Å². The van der Waals surface area contributed by atoms with Gasteiger partial charge in [-0.05, 0) is 83.4 Å². The lowest BCUT2D eigenvalue weighted by atomic mass is 10.0. The zero-order chi connectivity index (χ0) is 41.9. The molecule has 0 aliphatic carbocycles. The van der Waals surface area contributed by atoms with Crippen LogP contribution in [-0.2, 0) is 0 Å². The molecule has 0 radical (unpaired) electrons. The van der Waals surface area contributed by atoms with E-state index in [0.29, 0.717) is 0 Å². The Balaban J connectivity index is 0.886. The van der Waals surface area contributed by atoms with Crippen LogP contribution in [0.4, 0.5) is 0 Å². The largest absolute Gasteiger partial charge is 0.456 e. The Morgan fingerprint density at radius 1 is 0.297 bits per heavy atom. The summed E-state index contributed by atoms with van der Waals surface area (Å²) in [6, 6.07) is 71.4. The fourth-order valence-electron chi connectivity index (χ4n) is 10.3. The average Bonchev–Trinajstić information content (AvgIpc) is 4.11. The van der Waals surface area contributed by atoms with E-state index in [1.54, 1.807) is 0 Å². The third kappa shape index (κ3) is 5.09. The lowest BCUT2D eigenvalue weighted by Crippen LogP contribution is -1.95. The molecule has 0 saturated carbocycles. The zero-order valence-corrected chi connectivity index (χ0v) is 34.4. The van der Waals surface area contributed by atoms with Crippen molar-refractivity contribution in [3.8, 4) is 44.8 Å². The summed E-state index contributed by atoms with van der Waals surface area (Å²) in [6.07, 6.45) is 3.90. The number of aromatic nitrogens is 3. The molecule has 14 rings (SSSR count). The highest BCUT2D eigenvalue weighted by molar-refractivity contribution is 6.15. The van der Waals surface area contributed by atoms with Crippen molar-refractivity contribution in [1.82, 2.24) is 14.1 Å². The third-order valence-electron chi connectivity index (χ3n) is 13.2. The maximum Gasteiger partial charge on any atom is 0.143 e. The first-order valence-electron chi connectivity index (χ1n) is 21.7. The first kappa shape index (κ1) is 35.0. The minimum atomic E-state index is 0.858. The predicted octanol–water partition coefficient (Wildman–Crippen LogP) is 16.1. The maximum absolute atomic E-state index is 6.81. The summed E-state index contributed by atoms with van der Waals surface area (Å²) in [5.41, 5.74) is 16.7. The van der Waals surface area contributed by atoms with Gasteiger partial charge in [-0.25, -0.2) is 0 Å². The monoisotopic (exact) mass is 817 g/mol. The first-order valence-corrected chi connectivity index (χ1v) is 21.7. The van der Waals surface area contributed by atoms with E-state index in [0.717, 1.165) is 99.7 Å². The molecule has 0 atom stereocenters. The second-order valence-corrected chi connectivity index (χ2v) is 16.7. The fraction of sp³-hybridized carbons (Fsp3) is 0. The first-order chi connectivity index (χ1) is 31.7. The number of hydrogen-bond donors (Lipinski definition) is 0. The quantitative estimate of drug-likeness (QED) is 0.174. The summed E-state index contributed by atoms with van der Waals surface area (Å²) in [7, 11) is 0. The molecule has 0 spiro atoms. The van der Waals surface area contributed by atoms with Crippen molar-refractivity contribution in [2.45, 2.75) is 0 Å². The van der Waals surface area contributed by atoms with Crippen LogP contribution in [0.25, 0.3) is 132 Å². The van der Waals surface area contributed by atoms with Gasteiger partial charge >= 0.3 is 0 Å². The molecule has 5 nitrogen and oxygen atoms in total. The van der Waals surface area contributed by atoms with Gasteiger partial charge in [0.05, 0.1) is 34.0 Å². The third-order valence-corrected chi connectivity index (χ3v) is 13.2. The summed E-state index contributed by atoms with van der Waals surface area (Å²) in [5.74, 6) is 0. The summed E-state index contributed by atoms with van der Waals surface area (Å²) in [6.45, 7) is 0. The van der Waals surface area contributed by atoms with E-state index < -0.39 is 0 Å². The zero-order valence-electron chi connectivity index (χ0n) is 34.4. The van der Waals surface area contributed by atoms with Crippen LogP contribution in [0.2, 0.25) is 0 Å². The van der Waals surface area contributed by atoms with Gasteiger partial charge in [0.1, 0.15) is 22.3 Å². The smallest absolute Gasteiger partial charge is 0.143 e. The van der Waals surface area contributed by atoms with Crippen molar-refractivity contribution in [1.29, 1.82) is 0 Å². The van der Waals surface area contributed by atoms with E-state index in [4.69, 9.17) is 13.8 Å². The molecule has 0 bridgehead atoms. The fourth-order valence-corrected chi connectivity index (χ4v) is 10.3. The number of rotatable bonds is 5. The van der Waals surface area contributed by atoms with E-state index in [1.165, 1.54) is 32.6 Å². The summed E-state index contributed by atoms with van der Waals surface area (Å²) in [4.78, 5) is 4.85. The van der Waals surface area contributed by atoms with Crippen LogP contribution in [0, 0.1) is 0 Å². The van der Waals surface area contributed by atoms with Crippen LogP contribution in [0.15, 0.2) is 221 Å². The molecule has 5 aromatic heterocycles. The molecule has 9 aromatic carbocycles. The summed E-state index contributed by atoms with van der Waals surface area (Å²) >= 11 is 0. The minimum absolute atomic E-state index is 0.858. The lowest BCUT2D eigenvalue weighted by Gasteiger charge is -2.10. The van der Waals surface area contributed by atoms with E-state index >= 15 is 0 Å². The van der Waals surface area contributed by atoms with Gasteiger partial charge in [0.2, 0.25) is 0 Å². The summed E-state index contributed by atoms with van der Waals surface area (Å²) in [5, 5.41) is 9.23. The van der Waals surface area contributed by atoms with Crippen LogP contribution in [0.3, 0.4) is 0 Å². The molecule has 5 heteroatoms. The van der Waals surface area contributed by atoms with Gasteiger partial charge < -0.3 is 18.0 Å². The highest BCUT2D eigenvalue weighted by atomic mass is 16.3. The number of para-hydroxylation sites is 5. The van der Waals surface area contributed by atoms with Crippen molar-refractivity contribution in [2.75, 3.05) is 0 Å². The van der Waals surface area contributed by atoms with Gasteiger partial charge in [-0.1, -0.05) is 133 Å². The number of furan rings is 2. The Morgan fingerprint density at radius 3 is 1.50 bits per heavy atom. The van der Waals surface area contributed by atoms with Crippen LogP contribution < -0.4 is 0 Å². The standard InChI is InChI=1S/C59H35N3O2/c1-2-12-36(13-3-1)42-17-10-19-47-48-20-11-18-43(59(48)64-58(42)47)39-30-41(35-60-34-39)62-54-23-9-6-16-46(54)49-31-37(24-27-55(49)62)38-25-28-56-50(32-38)51-33-40(26-29-57(51)63-56)61-52-21-7-4-14-44(52)45-15-5-8-22-53(45)61/h1-35H. The van der Waals surface area contributed by atoms with E-state index in [1.807, 2.05) is 18.5 Å². The van der Waals surface area contributed by atoms with Crippen LogP contribution in [0.5, 0.6) is 0 Å². The van der Waals surface area contributed by atoms with E-state index in [-0.39, 0.29) is 0 Å². The van der Waals surface area contributed by atoms with Crippen molar-refractivity contribution < 1.29 is 8.83 Å². The Morgan fingerprint density at radius 2 is 0.812 bits per heavy atom. The predicted molar refractivity (Wildman–Crippen MR) is 264 cm³/mol. The molecule has 0 saturated heterocycles. The van der Waals surface area contributed by atoms with Crippen LogP contribution in [0.1, 0.15) is 0 Å². The molecule has 0 aliphatic rings.